The van der Waals surface area contributed by atoms with Crippen LogP contribution in [0.1, 0.15) is 115 Å². The van der Waals surface area contributed by atoms with Crippen molar-refractivity contribution < 1.29 is 52.6 Å². The number of anilines is 3. The molecule has 18 nitrogen and oxygen atoms in total. The number of nitrogens with one attached hydrogen (secondary N) is 1. The molecular formula is C37H56N6O12. The first kappa shape index (κ1) is 47.5. The summed E-state index contributed by atoms with van der Waals surface area (Å²) in [6.45, 7) is 28.4. The number of nitro groups is 1. The fourth-order valence-corrected chi connectivity index (χ4v) is 3.90. The zero-order chi connectivity index (χ0) is 43.1. The SMILES string of the molecule is Cc1cc(NC(=O)OC(C)(C)C)cnc1N(C(=O)OC(C)(C)C)C(=O)OC(C)(C)C.Cc1cc([N+](=O)[O-])cnc1N(C(=O)OC(C)(C)C)C(=O)OC(C)(C)C. The highest BCUT2D eigenvalue weighted by Gasteiger charge is 2.36. The van der Waals surface area contributed by atoms with Crippen molar-refractivity contribution in [3.05, 3.63) is 45.8 Å². The summed E-state index contributed by atoms with van der Waals surface area (Å²) in [7, 11) is 0. The van der Waals surface area contributed by atoms with Crippen molar-refractivity contribution in [1.82, 2.24) is 9.97 Å². The largest absolute Gasteiger partial charge is 0.444 e. The Kier molecular flexibility index (Phi) is 15.3. The molecule has 0 spiro atoms. The number of carbonyl (C=O) groups is 5. The molecule has 0 bridgehead atoms. The molecule has 2 aromatic heterocycles. The average molecular weight is 777 g/mol. The number of aryl methyl sites for hydroxylation is 2. The van der Waals surface area contributed by atoms with Crippen LogP contribution in [0.2, 0.25) is 0 Å². The first-order valence-corrected chi connectivity index (χ1v) is 17.2. The summed E-state index contributed by atoms with van der Waals surface area (Å²) in [5.41, 5.74) is -3.23. The molecule has 1 N–H and O–H groups in total. The summed E-state index contributed by atoms with van der Waals surface area (Å²) >= 11 is 0. The van der Waals surface area contributed by atoms with Gasteiger partial charge in [0, 0.05) is 6.07 Å². The molecule has 306 valence electrons. The number of imide groups is 2. The Morgan fingerprint density at radius 3 is 1.15 bits per heavy atom. The minimum Gasteiger partial charge on any atom is -0.444 e. The van der Waals surface area contributed by atoms with E-state index in [4.69, 9.17) is 23.7 Å². The van der Waals surface area contributed by atoms with E-state index in [1.54, 1.807) is 117 Å². The van der Waals surface area contributed by atoms with Crippen molar-refractivity contribution in [3.63, 3.8) is 0 Å². The Balaban J connectivity index is 0.000000559. The van der Waals surface area contributed by atoms with Crippen LogP contribution in [0.4, 0.5) is 47.0 Å². The normalized spacial score (nSPS) is 11.9. The third-order valence-electron chi connectivity index (χ3n) is 5.67. The zero-order valence-electron chi connectivity index (χ0n) is 34.9. The summed E-state index contributed by atoms with van der Waals surface area (Å²) in [6, 6.07) is 2.78. The van der Waals surface area contributed by atoms with Crippen LogP contribution in [0.3, 0.4) is 0 Å². The van der Waals surface area contributed by atoms with Gasteiger partial charge in [-0.05, 0) is 135 Å². The molecule has 18 heteroatoms. The lowest BCUT2D eigenvalue weighted by molar-refractivity contribution is -0.385. The van der Waals surface area contributed by atoms with E-state index in [1.807, 2.05) is 0 Å². The third-order valence-corrected chi connectivity index (χ3v) is 5.67. The molecule has 0 aliphatic carbocycles. The molecule has 0 saturated carbocycles. The minimum absolute atomic E-state index is 0.0354. The van der Waals surface area contributed by atoms with Gasteiger partial charge < -0.3 is 23.7 Å². The molecule has 55 heavy (non-hydrogen) atoms. The van der Waals surface area contributed by atoms with Crippen LogP contribution in [0.15, 0.2) is 24.5 Å². The smallest absolute Gasteiger partial charge is 0.425 e. The van der Waals surface area contributed by atoms with Crippen LogP contribution in [0.5, 0.6) is 0 Å². The molecule has 2 rings (SSSR count). The van der Waals surface area contributed by atoms with Crippen molar-refractivity contribution >= 4 is 53.5 Å². The maximum absolute atomic E-state index is 12.7. The fourth-order valence-electron chi connectivity index (χ4n) is 3.90. The standard InChI is InChI=1S/C21H33N3O6.C16H23N3O6/c1-13-11-14(23-16(25)28-19(2,3)4)12-22-15(13)24(17(26)29-20(5,6)7)18(27)30-21(8,9)10;1-10-8-11(19(22)23)9-17-12(10)18(13(20)24-15(2,3)4)14(21)25-16(5,6)7/h11-12H,1-10H3,(H,23,25);8-9H,1-7H3. The van der Waals surface area contributed by atoms with Crippen LogP contribution in [0, 0.1) is 24.0 Å². The predicted molar refractivity (Wildman–Crippen MR) is 204 cm³/mol. The Hall–Kier alpha value is -5.55. The lowest BCUT2D eigenvalue weighted by Crippen LogP contribution is -2.44. The molecule has 5 amide bonds. The predicted octanol–water partition coefficient (Wildman–Crippen LogP) is 9.39. The van der Waals surface area contributed by atoms with Crippen LogP contribution in [0.25, 0.3) is 0 Å². The summed E-state index contributed by atoms with van der Waals surface area (Å²) in [5.74, 6) is -0.0534. The number of rotatable bonds is 4. The van der Waals surface area contributed by atoms with Gasteiger partial charge >= 0.3 is 30.5 Å². The quantitative estimate of drug-likeness (QED) is 0.174. The number of carbonyl (C=O) groups excluding carboxylic acids is 5. The highest BCUT2D eigenvalue weighted by atomic mass is 16.6. The van der Waals surface area contributed by atoms with Crippen LogP contribution < -0.4 is 15.1 Å². The lowest BCUT2D eigenvalue weighted by atomic mass is 10.2. The van der Waals surface area contributed by atoms with Crippen molar-refractivity contribution in [2.75, 3.05) is 15.1 Å². The Bertz CT molecular complexity index is 1690. The fraction of sp³-hybridized carbons (Fsp3) is 0.595. The van der Waals surface area contributed by atoms with E-state index in [2.05, 4.69) is 15.3 Å². The second-order valence-corrected chi connectivity index (χ2v) is 17.2. The number of nitrogens with zero attached hydrogens (tertiary/aromatic N) is 5. The van der Waals surface area contributed by atoms with Crippen molar-refractivity contribution in [1.29, 1.82) is 0 Å². The van der Waals surface area contributed by atoms with Crippen LogP contribution >= 0.6 is 0 Å². The van der Waals surface area contributed by atoms with E-state index in [0.717, 1.165) is 11.1 Å². The second-order valence-electron chi connectivity index (χ2n) is 17.2. The monoisotopic (exact) mass is 776 g/mol. The van der Waals surface area contributed by atoms with Crippen LogP contribution in [-0.4, -0.2) is 73.4 Å². The second kappa shape index (κ2) is 17.7. The minimum atomic E-state index is -0.980. The maximum Gasteiger partial charge on any atom is 0.425 e. The van der Waals surface area contributed by atoms with E-state index >= 15 is 0 Å². The van der Waals surface area contributed by atoms with Gasteiger partial charge in [0.05, 0.1) is 16.8 Å². The molecule has 0 aliphatic heterocycles. The molecule has 2 aromatic rings. The molecule has 2 heterocycles. The molecule has 0 aliphatic rings. The van der Waals surface area contributed by atoms with Crippen molar-refractivity contribution in [2.45, 2.75) is 146 Å². The molecular weight excluding hydrogens is 720 g/mol. The lowest BCUT2D eigenvalue weighted by Gasteiger charge is -2.28. The highest BCUT2D eigenvalue weighted by molar-refractivity contribution is 6.10. The van der Waals surface area contributed by atoms with Gasteiger partial charge in [0.25, 0.3) is 5.69 Å². The number of amides is 5. The molecule has 0 saturated heterocycles. The van der Waals surface area contributed by atoms with Gasteiger partial charge in [0.1, 0.15) is 34.2 Å². The Morgan fingerprint density at radius 1 is 0.564 bits per heavy atom. The van der Waals surface area contributed by atoms with E-state index in [9.17, 15) is 34.1 Å². The molecule has 0 unspecified atom stereocenters. The average Bonchev–Trinajstić information content (AvgIpc) is 2.90. The Morgan fingerprint density at radius 2 is 0.873 bits per heavy atom. The third kappa shape index (κ3) is 17.4. The van der Waals surface area contributed by atoms with Gasteiger partial charge in [-0.25, -0.2) is 33.9 Å². The van der Waals surface area contributed by atoms with Gasteiger partial charge in [-0.2, -0.15) is 9.80 Å². The van der Waals surface area contributed by atoms with Gasteiger partial charge in [-0.3, -0.25) is 15.4 Å². The number of aromatic nitrogens is 2. The first-order chi connectivity index (χ1) is 24.6. The molecule has 0 fully saturated rings. The first-order valence-electron chi connectivity index (χ1n) is 17.2. The topological polar surface area (TPSA) is 219 Å². The number of ether oxygens (including phenoxy) is 5. The molecule has 0 aromatic carbocycles. The summed E-state index contributed by atoms with van der Waals surface area (Å²) in [6.07, 6.45) is -2.16. The number of hydrogen-bond donors (Lipinski definition) is 1. The van der Waals surface area contributed by atoms with E-state index in [1.165, 1.54) is 19.2 Å². The van der Waals surface area contributed by atoms with Crippen LogP contribution in [-0.2, 0) is 23.7 Å². The van der Waals surface area contributed by atoms with Crippen molar-refractivity contribution in [2.24, 2.45) is 0 Å². The maximum atomic E-state index is 12.7. The van der Waals surface area contributed by atoms with Gasteiger partial charge in [-0.15, -0.1) is 0 Å². The van der Waals surface area contributed by atoms with E-state index in [0.29, 0.717) is 16.2 Å². The highest BCUT2D eigenvalue weighted by Crippen LogP contribution is 2.27. The molecule has 0 atom stereocenters. The van der Waals surface area contributed by atoms with Crippen molar-refractivity contribution in [3.8, 4) is 0 Å². The summed E-state index contributed by atoms with van der Waals surface area (Å²) in [4.78, 5) is 82.1. The van der Waals surface area contributed by atoms with Gasteiger partial charge in [-0.1, -0.05) is 0 Å². The Labute approximate surface area is 322 Å². The number of hydrogen-bond acceptors (Lipinski definition) is 14. The van der Waals surface area contributed by atoms with Gasteiger partial charge in [0.15, 0.2) is 11.6 Å². The van der Waals surface area contributed by atoms with E-state index in [-0.39, 0.29) is 22.9 Å². The summed E-state index contributed by atoms with van der Waals surface area (Å²) < 4.78 is 26.4. The molecule has 0 radical (unpaired) electrons. The summed E-state index contributed by atoms with van der Waals surface area (Å²) in [5, 5.41) is 13.4. The number of pyridine rings is 2. The van der Waals surface area contributed by atoms with Gasteiger partial charge in [0.2, 0.25) is 0 Å². The van der Waals surface area contributed by atoms with E-state index < -0.39 is 63.4 Å². The zero-order valence-corrected chi connectivity index (χ0v) is 34.9.